The van der Waals surface area contributed by atoms with Crippen LogP contribution in [0.5, 0.6) is 0 Å². The Morgan fingerprint density at radius 1 is 1.28 bits per heavy atom. The summed E-state index contributed by atoms with van der Waals surface area (Å²) in [6.45, 7) is 11.1. The number of nitrogens with one attached hydrogen (secondary N) is 3. The van der Waals surface area contributed by atoms with E-state index in [0.29, 0.717) is 12.5 Å². The summed E-state index contributed by atoms with van der Waals surface area (Å²) in [4.78, 5) is 23.9. The molecule has 0 aromatic heterocycles. The van der Waals surface area contributed by atoms with E-state index >= 15 is 0 Å². The van der Waals surface area contributed by atoms with Gasteiger partial charge in [-0.3, -0.25) is 9.59 Å². The Balaban J connectivity index is 2.46. The highest BCUT2D eigenvalue weighted by atomic mass is 16.2. The van der Waals surface area contributed by atoms with Crippen LogP contribution in [0, 0.1) is 11.8 Å². The maximum Gasteiger partial charge on any atom is 0.242 e. The predicted molar refractivity (Wildman–Crippen MR) is 71.0 cm³/mol. The van der Waals surface area contributed by atoms with Gasteiger partial charge in [0.05, 0.1) is 5.92 Å². The van der Waals surface area contributed by atoms with Crippen LogP contribution >= 0.6 is 0 Å². The highest BCUT2D eigenvalue weighted by Crippen LogP contribution is 2.15. The summed E-state index contributed by atoms with van der Waals surface area (Å²) in [5.41, 5.74) is -0.279. The third-order valence-corrected chi connectivity index (χ3v) is 3.10. The van der Waals surface area contributed by atoms with Gasteiger partial charge in [-0.15, -0.1) is 0 Å². The second-order valence-electron chi connectivity index (χ2n) is 6.21. The number of rotatable bonds is 3. The first-order valence-electron chi connectivity index (χ1n) is 6.54. The summed E-state index contributed by atoms with van der Waals surface area (Å²) in [6.07, 6.45) is 0. The van der Waals surface area contributed by atoms with E-state index in [0.717, 1.165) is 6.54 Å². The van der Waals surface area contributed by atoms with Gasteiger partial charge in [0.15, 0.2) is 0 Å². The van der Waals surface area contributed by atoms with Crippen LogP contribution in [0.1, 0.15) is 34.6 Å². The molecule has 5 nitrogen and oxygen atoms in total. The highest BCUT2D eigenvalue weighted by molar-refractivity contribution is 5.88. The van der Waals surface area contributed by atoms with Crippen LogP contribution in [0.2, 0.25) is 0 Å². The van der Waals surface area contributed by atoms with Gasteiger partial charge in [-0.2, -0.15) is 0 Å². The molecule has 5 heteroatoms. The number of hydrogen-bond donors (Lipinski definition) is 3. The van der Waals surface area contributed by atoms with Crippen LogP contribution in [-0.2, 0) is 9.59 Å². The van der Waals surface area contributed by atoms with Crippen molar-refractivity contribution < 1.29 is 9.59 Å². The number of amides is 2. The van der Waals surface area contributed by atoms with Gasteiger partial charge < -0.3 is 16.0 Å². The summed E-state index contributed by atoms with van der Waals surface area (Å²) < 4.78 is 0. The molecule has 0 aromatic rings. The van der Waals surface area contributed by atoms with Crippen molar-refractivity contribution in [2.24, 2.45) is 11.8 Å². The molecule has 104 valence electrons. The topological polar surface area (TPSA) is 70.2 Å². The third-order valence-electron chi connectivity index (χ3n) is 3.10. The summed E-state index contributed by atoms with van der Waals surface area (Å²) in [5, 5.41) is 8.82. The van der Waals surface area contributed by atoms with Gasteiger partial charge in [0.1, 0.15) is 6.04 Å². The Hall–Kier alpha value is -1.10. The second kappa shape index (κ2) is 5.69. The lowest BCUT2D eigenvalue weighted by atomic mass is 9.97. The van der Waals surface area contributed by atoms with E-state index in [2.05, 4.69) is 16.0 Å². The Labute approximate surface area is 109 Å². The lowest BCUT2D eigenvalue weighted by Gasteiger charge is -2.24. The smallest absolute Gasteiger partial charge is 0.242 e. The first kappa shape index (κ1) is 15.0. The average molecular weight is 255 g/mol. The Kier molecular flexibility index (Phi) is 4.73. The summed E-state index contributed by atoms with van der Waals surface area (Å²) in [5.74, 6) is 0.108. The molecule has 0 aliphatic carbocycles. The monoisotopic (exact) mass is 255 g/mol. The van der Waals surface area contributed by atoms with Gasteiger partial charge in [0.2, 0.25) is 11.8 Å². The molecule has 0 radical (unpaired) electrons. The van der Waals surface area contributed by atoms with Gasteiger partial charge in [0.25, 0.3) is 0 Å². The first-order valence-corrected chi connectivity index (χ1v) is 6.54. The van der Waals surface area contributed by atoms with Crippen LogP contribution in [0.4, 0.5) is 0 Å². The molecule has 1 fully saturated rings. The molecule has 3 N–H and O–H groups in total. The molecular weight excluding hydrogens is 230 g/mol. The van der Waals surface area contributed by atoms with Crippen molar-refractivity contribution in [3.63, 3.8) is 0 Å². The quantitative estimate of drug-likeness (QED) is 0.677. The van der Waals surface area contributed by atoms with Crippen molar-refractivity contribution in [1.29, 1.82) is 0 Å². The number of carbonyl (C=O) groups is 2. The normalized spacial score (nSPS) is 25.6. The maximum absolute atomic E-state index is 12.0. The van der Waals surface area contributed by atoms with E-state index in [9.17, 15) is 9.59 Å². The minimum atomic E-state index is -0.496. The van der Waals surface area contributed by atoms with E-state index < -0.39 is 6.04 Å². The van der Waals surface area contributed by atoms with Gasteiger partial charge in [-0.25, -0.2) is 0 Å². The Morgan fingerprint density at radius 3 is 2.33 bits per heavy atom. The van der Waals surface area contributed by atoms with E-state index in [1.165, 1.54) is 0 Å². The van der Waals surface area contributed by atoms with Crippen LogP contribution in [-0.4, -0.2) is 36.5 Å². The standard InChI is InChI=1S/C13H25N3O2/c1-8-6-14-7-10(8)12(18)15-9(2)11(17)16-13(3,4)5/h8-10,14H,6-7H2,1-5H3,(H,15,18)(H,16,17)/t8-,9?,10-/m1/s1. The molecule has 0 spiro atoms. The molecular formula is C13H25N3O2. The van der Waals surface area contributed by atoms with Crippen LogP contribution in [0.3, 0.4) is 0 Å². The maximum atomic E-state index is 12.0. The lowest BCUT2D eigenvalue weighted by molar-refractivity contribution is -0.131. The van der Waals surface area contributed by atoms with Crippen LogP contribution in [0.15, 0.2) is 0 Å². The van der Waals surface area contributed by atoms with Gasteiger partial charge >= 0.3 is 0 Å². The number of hydrogen-bond acceptors (Lipinski definition) is 3. The molecule has 3 atom stereocenters. The largest absolute Gasteiger partial charge is 0.350 e. The SMILES string of the molecule is CC(NC(=O)[C@@H]1CNC[C@H]1C)C(=O)NC(C)(C)C. The van der Waals surface area contributed by atoms with Crippen LogP contribution in [0.25, 0.3) is 0 Å². The zero-order valence-electron chi connectivity index (χ0n) is 12.0. The molecule has 1 saturated heterocycles. The zero-order valence-corrected chi connectivity index (χ0v) is 12.0. The molecule has 1 rings (SSSR count). The first-order chi connectivity index (χ1) is 8.20. The molecule has 18 heavy (non-hydrogen) atoms. The zero-order chi connectivity index (χ0) is 13.9. The predicted octanol–water partition coefficient (Wildman–Crippen LogP) is 0.261. The van der Waals surface area contributed by atoms with Crippen molar-refractivity contribution in [2.75, 3.05) is 13.1 Å². The lowest BCUT2D eigenvalue weighted by Crippen LogP contribution is -2.52. The Morgan fingerprint density at radius 2 is 1.89 bits per heavy atom. The summed E-state index contributed by atoms with van der Waals surface area (Å²) >= 11 is 0. The van der Waals surface area contributed by atoms with E-state index in [4.69, 9.17) is 0 Å². The van der Waals surface area contributed by atoms with Crippen molar-refractivity contribution >= 4 is 11.8 Å². The van der Waals surface area contributed by atoms with Gasteiger partial charge in [-0.1, -0.05) is 6.92 Å². The molecule has 0 bridgehead atoms. The second-order valence-corrected chi connectivity index (χ2v) is 6.21. The fourth-order valence-corrected chi connectivity index (χ4v) is 2.02. The highest BCUT2D eigenvalue weighted by Gasteiger charge is 2.31. The fraction of sp³-hybridized carbons (Fsp3) is 0.846. The van der Waals surface area contributed by atoms with Crippen molar-refractivity contribution in [3.8, 4) is 0 Å². The minimum Gasteiger partial charge on any atom is -0.350 e. The van der Waals surface area contributed by atoms with Crippen molar-refractivity contribution in [2.45, 2.75) is 46.2 Å². The average Bonchev–Trinajstić information content (AvgIpc) is 2.61. The van der Waals surface area contributed by atoms with Gasteiger partial charge in [0, 0.05) is 12.1 Å². The fourth-order valence-electron chi connectivity index (χ4n) is 2.02. The molecule has 1 heterocycles. The van der Waals surface area contributed by atoms with Gasteiger partial charge in [-0.05, 0) is 40.2 Å². The minimum absolute atomic E-state index is 0.0325. The van der Waals surface area contributed by atoms with Crippen molar-refractivity contribution in [3.05, 3.63) is 0 Å². The van der Waals surface area contributed by atoms with E-state index in [1.807, 2.05) is 27.7 Å². The molecule has 1 unspecified atom stereocenters. The van der Waals surface area contributed by atoms with E-state index in [1.54, 1.807) is 6.92 Å². The summed E-state index contributed by atoms with van der Waals surface area (Å²) in [6, 6.07) is -0.496. The Bertz CT molecular complexity index is 323. The van der Waals surface area contributed by atoms with E-state index in [-0.39, 0.29) is 23.3 Å². The molecule has 1 aliphatic heterocycles. The van der Waals surface area contributed by atoms with Crippen molar-refractivity contribution in [1.82, 2.24) is 16.0 Å². The molecule has 2 amide bonds. The van der Waals surface area contributed by atoms with Crippen LogP contribution < -0.4 is 16.0 Å². The molecule has 1 aliphatic rings. The summed E-state index contributed by atoms with van der Waals surface area (Å²) in [7, 11) is 0. The molecule has 0 saturated carbocycles. The number of carbonyl (C=O) groups excluding carboxylic acids is 2. The third kappa shape index (κ3) is 4.29. The molecule has 0 aromatic carbocycles.